The maximum atomic E-state index is 13.0. The number of carbonyl (C=O) groups excluding carboxylic acids is 2. The van der Waals surface area contributed by atoms with Crippen LogP contribution in [0.15, 0.2) is 22.4 Å². The molecule has 0 saturated carbocycles. The van der Waals surface area contributed by atoms with Gasteiger partial charge in [-0.15, -0.1) is 10.2 Å². The van der Waals surface area contributed by atoms with Gasteiger partial charge in [0.2, 0.25) is 0 Å². The van der Waals surface area contributed by atoms with Gasteiger partial charge in [-0.1, -0.05) is 0 Å². The van der Waals surface area contributed by atoms with Gasteiger partial charge in [0.05, 0.1) is 11.1 Å². The second-order valence-corrected chi connectivity index (χ2v) is 2.59. The van der Waals surface area contributed by atoms with E-state index < -0.39 is 34.6 Å². The number of azo groups is 1. The molecule has 1 aliphatic heterocycles. The summed E-state index contributed by atoms with van der Waals surface area (Å²) in [6.07, 6.45) is 0. The van der Waals surface area contributed by atoms with Crippen LogP contribution in [0.2, 0.25) is 0 Å². The van der Waals surface area contributed by atoms with Crippen LogP contribution >= 0.6 is 0 Å². The van der Waals surface area contributed by atoms with Gasteiger partial charge in [-0.3, -0.25) is 9.59 Å². The third kappa shape index (κ3) is 1.04. The summed E-state index contributed by atoms with van der Waals surface area (Å²) in [7, 11) is 0. The van der Waals surface area contributed by atoms with Gasteiger partial charge in [0, 0.05) is 0 Å². The maximum absolute atomic E-state index is 13.0. The zero-order valence-corrected chi connectivity index (χ0v) is 6.62. The van der Waals surface area contributed by atoms with Gasteiger partial charge < -0.3 is 0 Å². The average molecular weight is 196 g/mol. The quantitative estimate of drug-likeness (QED) is 0.634. The van der Waals surface area contributed by atoms with Gasteiger partial charge in [0.25, 0.3) is 11.8 Å². The lowest BCUT2D eigenvalue weighted by molar-refractivity contribution is 0.0913. The molecule has 0 N–H and O–H groups in total. The van der Waals surface area contributed by atoms with Crippen LogP contribution in [0.3, 0.4) is 0 Å². The van der Waals surface area contributed by atoms with Gasteiger partial charge in [0.1, 0.15) is 11.6 Å². The molecule has 6 heteroatoms. The normalized spacial score (nSPS) is 14.4. The molecule has 0 saturated heterocycles. The molecule has 0 bridgehead atoms. The molecule has 0 spiro atoms. The van der Waals surface area contributed by atoms with Crippen molar-refractivity contribution in [2.24, 2.45) is 10.2 Å². The van der Waals surface area contributed by atoms with Gasteiger partial charge in [0.15, 0.2) is 0 Å². The number of rotatable bonds is 0. The lowest BCUT2D eigenvalue weighted by Crippen LogP contribution is -2.15. The van der Waals surface area contributed by atoms with Crippen molar-refractivity contribution < 1.29 is 18.4 Å². The van der Waals surface area contributed by atoms with E-state index in [2.05, 4.69) is 10.2 Å². The molecule has 0 radical (unpaired) electrons. The van der Waals surface area contributed by atoms with E-state index in [4.69, 9.17) is 0 Å². The van der Waals surface area contributed by atoms with Crippen LogP contribution in [-0.4, -0.2) is 11.8 Å². The molecular formula is C8H2F2N2O2. The van der Waals surface area contributed by atoms with Crippen LogP contribution < -0.4 is 0 Å². The van der Waals surface area contributed by atoms with Crippen molar-refractivity contribution in [3.63, 3.8) is 0 Å². The van der Waals surface area contributed by atoms with Gasteiger partial charge in [-0.25, -0.2) is 8.78 Å². The summed E-state index contributed by atoms with van der Waals surface area (Å²) in [6.45, 7) is 0. The molecule has 1 aromatic rings. The van der Waals surface area contributed by atoms with Crippen LogP contribution in [-0.2, 0) is 0 Å². The molecule has 1 aliphatic rings. The minimum atomic E-state index is -1.04. The van der Waals surface area contributed by atoms with E-state index >= 15 is 0 Å². The first-order chi connectivity index (χ1) is 6.61. The van der Waals surface area contributed by atoms with Gasteiger partial charge >= 0.3 is 0 Å². The fraction of sp³-hybridized carbons (Fsp3) is 0. The zero-order valence-electron chi connectivity index (χ0n) is 6.62. The molecule has 0 fully saturated rings. The zero-order chi connectivity index (χ0) is 10.3. The van der Waals surface area contributed by atoms with Gasteiger partial charge in [-0.2, -0.15) is 0 Å². The van der Waals surface area contributed by atoms with Crippen molar-refractivity contribution in [1.82, 2.24) is 0 Å². The topological polar surface area (TPSA) is 58.9 Å². The molecule has 1 heterocycles. The molecule has 70 valence electrons. The smallest absolute Gasteiger partial charge is 0.265 e. The Kier molecular flexibility index (Phi) is 1.70. The number of benzene rings is 1. The Morgan fingerprint density at radius 1 is 0.857 bits per heavy atom. The van der Waals surface area contributed by atoms with Crippen molar-refractivity contribution in [3.8, 4) is 0 Å². The Bertz CT molecular complexity index is 439. The highest BCUT2D eigenvalue weighted by atomic mass is 19.1. The Hall–Kier alpha value is -1.98. The van der Waals surface area contributed by atoms with Crippen molar-refractivity contribution in [1.29, 1.82) is 0 Å². The molecule has 0 atom stereocenters. The standard InChI is InChI=1S/C8H2F2N2O2/c9-3-1-2-4(10)6-5(3)7(13)11-12-8(6)14/h1-2H. The van der Waals surface area contributed by atoms with E-state index in [-0.39, 0.29) is 0 Å². The first kappa shape index (κ1) is 8.61. The fourth-order valence-corrected chi connectivity index (χ4v) is 1.16. The van der Waals surface area contributed by atoms with Crippen LogP contribution in [0.5, 0.6) is 0 Å². The van der Waals surface area contributed by atoms with Gasteiger partial charge in [-0.05, 0) is 12.1 Å². The average Bonchev–Trinajstić information content (AvgIpc) is 2.16. The summed E-state index contributed by atoms with van der Waals surface area (Å²) in [5.41, 5.74) is -1.30. The number of fused-ring (bicyclic) bond motifs is 1. The molecule has 14 heavy (non-hydrogen) atoms. The Balaban J connectivity index is 2.83. The number of nitrogens with zero attached hydrogens (tertiary/aromatic N) is 2. The van der Waals surface area contributed by atoms with Crippen LogP contribution in [0.1, 0.15) is 20.7 Å². The summed E-state index contributed by atoms with van der Waals surface area (Å²) >= 11 is 0. The fourth-order valence-electron chi connectivity index (χ4n) is 1.16. The summed E-state index contributed by atoms with van der Waals surface area (Å²) in [6, 6.07) is 1.53. The predicted octanol–water partition coefficient (Wildman–Crippen LogP) is 1.71. The molecule has 2 amide bonds. The lowest BCUT2D eigenvalue weighted by atomic mass is 10.0. The van der Waals surface area contributed by atoms with Crippen LogP contribution in [0.25, 0.3) is 0 Å². The molecule has 1 aromatic carbocycles. The minimum absolute atomic E-state index is 0.648. The molecular weight excluding hydrogens is 194 g/mol. The minimum Gasteiger partial charge on any atom is -0.265 e. The third-order valence-corrected chi connectivity index (χ3v) is 1.76. The van der Waals surface area contributed by atoms with Crippen LogP contribution in [0, 0.1) is 11.6 Å². The Morgan fingerprint density at radius 3 is 1.57 bits per heavy atom. The SMILES string of the molecule is O=C1N=NC(=O)c2c(F)ccc(F)c21. The van der Waals surface area contributed by atoms with E-state index in [1.165, 1.54) is 0 Å². The predicted molar refractivity (Wildman–Crippen MR) is 39.9 cm³/mol. The summed E-state index contributed by atoms with van der Waals surface area (Å²) in [4.78, 5) is 22.0. The van der Waals surface area contributed by atoms with Crippen molar-refractivity contribution in [2.45, 2.75) is 0 Å². The first-order valence-electron chi connectivity index (χ1n) is 3.59. The van der Waals surface area contributed by atoms with E-state index in [1.54, 1.807) is 0 Å². The molecule has 0 aliphatic carbocycles. The monoisotopic (exact) mass is 196 g/mol. The highest BCUT2D eigenvalue weighted by molar-refractivity contribution is 6.11. The van der Waals surface area contributed by atoms with E-state index in [0.29, 0.717) is 0 Å². The number of amides is 2. The number of carbonyl (C=O) groups is 2. The Morgan fingerprint density at radius 2 is 1.21 bits per heavy atom. The van der Waals surface area contributed by atoms with E-state index in [0.717, 1.165) is 12.1 Å². The second kappa shape index (κ2) is 2.76. The summed E-state index contributed by atoms with van der Waals surface area (Å²) < 4.78 is 26.1. The highest BCUT2D eigenvalue weighted by Gasteiger charge is 2.28. The maximum Gasteiger partial charge on any atom is 0.299 e. The summed E-state index contributed by atoms with van der Waals surface area (Å²) in [5.74, 6) is -4.04. The Labute approximate surface area is 76.3 Å². The number of hydrogen-bond acceptors (Lipinski definition) is 2. The van der Waals surface area contributed by atoms with Crippen molar-refractivity contribution in [3.05, 3.63) is 34.9 Å². The molecule has 0 unspecified atom stereocenters. The molecule has 4 nitrogen and oxygen atoms in total. The second-order valence-electron chi connectivity index (χ2n) is 2.59. The highest BCUT2D eigenvalue weighted by Crippen LogP contribution is 2.22. The first-order valence-corrected chi connectivity index (χ1v) is 3.59. The van der Waals surface area contributed by atoms with E-state index in [9.17, 15) is 18.4 Å². The summed E-state index contributed by atoms with van der Waals surface area (Å²) in [5, 5.41) is 5.77. The molecule has 2 rings (SSSR count). The third-order valence-electron chi connectivity index (χ3n) is 1.76. The van der Waals surface area contributed by atoms with E-state index in [1.807, 2.05) is 0 Å². The largest absolute Gasteiger partial charge is 0.299 e. The molecule has 0 aromatic heterocycles. The number of hydrogen-bond donors (Lipinski definition) is 0. The lowest BCUT2D eigenvalue weighted by Gasteiger charge is -2.07. The van der Waals surface area contributed by atoms with Crippen molar-refractivity contribution >= 4 is 11.8 Å². The van der Waals surface area contributed by atoms with Crippen molar-refractivity contribution in [2.75, 3.05) is 0 Å². The number of halogens is 2. The van der Waals surface area contributed by atoms with Crippen LogP contribution in [0.4, 0.5) is 8.78 Å².